The third kappa shape index (κ3) is 15.2. The lowest BCUT2D eigenvalue weighted by atomic mass is 9.81. The van der Waals surface area contributed by atoms with E-state index in [1.54, 1.807) is 56.1 Å². The number of carbonyl (C=O) groups is 2. The van der Waals surface area contributed by atoms with E-state index in [1.807, 2.05) is 34.6 Å². The number of rotatable bonds is 16. The summed E-state index contributed by atoms with van der Waals surface area (Å²) in [5, 5.41) is 54.1. The lowest BCUT2D eigenvalue weighted by Gasteiger charge is -2.34. The van der Waals surface area contributed by atoms with E-state index in [4.69, 9.17) is 9.47 Å². The predicted molar refractivity (Wildman–Crippen MR) is 193 cm³/mol. The van der Waals surface area contributed by atoms with Crippen LogP contribution in [0.4, 0.5) is 4.79 Å². The number of likely N-dealkylation sites (N-methyl/N-ethyl adjacent to an activating group) is 2. The zero-order valence-corrected chi connectivity index (χ0v) is 31.8. The molecule has 1 amide bonds. The summed E-state index contributed by atoms with van der Waals surface area (Å²) in [5.74, 6) is -1.37. The van der Waals surface area contributed by atoms with Gasteiger partial charge in [0.05, 0.1) is 30.3 Å². The second-order valence-electron chi connectivity index (χ2n) is 14.4. The molecule has 1 heterocycles. The van der Waals surface area contributed by atoms with E-state index in [9.17, 15) is 35.1 Å². The quantitative estimate of drug-likeness (QED) is 0.0877. The Bertz CT molecular complexity index is 1090. The molecule has 0 saturated carbocycles. The third-order valence-corrected chi connectivity index (χ3v) is 10.1. The number of aliphatic hydroxyl groups excluding tert-OH is 3. The largest absolute Gasteiger partial charge is 0.457 e. The van der Waals surface area contributed by atoms with Gasteiger partial charge in [0.1, 0.15) is 11.7 Å². The Balaban J connectivity index is 3.26. The molecule has 1 rings (SSSR count). The number of carbonyl (C=O) groups excluding carboxylic acids is 2. The Hall–Kier alpha value is -2.28. The summed E-state index contributed by atoms with van der Waals surface area (Å²) in [6.07, 6.45) is 4.13. The predicted octanol–water partition coefficient (Wildman–Crippen LogP) is 4.60. The van der Waals surface area contributed by atoms with Gasteiger partial charge in [-0.2, -0.15) is 0 Å². The van der Waals surface area contributed by atoms with Gasteiger partial charge in [-0.25, -0.2) is 4.79 Å². The maximum absolute atomic E-state index is 13.3. The van der Waals surface area contributed by atoms with Crippen LogP contribution < -0.4 is 0 Å². The number of nitrogens with zero attached hydrogens (tertiary/aromatic N) is 2. The second-order valence-corrected chi connectivity index (χ2v) is 14.4. The molecule has 0 bridgehead atoms. The Morgan fingerprint density at radius 2 is 1.71 bits per heavy atom. The number of allylic oxidation sites excluding steroid dienone is 2. The fourth-order valence-electron chi connectivity index (χ4n) is 6.07. The molecule has 0 aromatic rings. The highest BCUT2D eigenvalue weighted by atomic mass is 16.6. The molecule has 0 aromatic carbocycles. The topological polar surface area (TPSA) is 160 Å². The van der Waals surface area contributed by atoms with Crippen molar-refractivity contribution in [3.63, 3.8) is 0 Å². The van der Waals surface area contributed by atoms with E-state index in [2.05, 4.69) is 18.7 Å². The summed E-state index contributed by atoms with van der Waals surface area (Å²) < 4.78 is 11.7. The molecule has 49 heavy (non-hydrogen) atoms. The Kier molecular flexibility index (Phi) is 19.3. The monoisotopic (exact) mass is 696 g/mol. The molecule has 0 fully saturated rings. The van der Waals surface area contributed by atoms with Crippen molar-refractivity contribution in [2.75, 3.05) is 32.7 Å². The summed E-state index contributed by atoms with van der Waals surface area (Å²) in [6.45, 7) is 21.8. The van der Waals surface area contributed by atoms with Gasteiger partial charge in [0.25, 0.3) is 0 Å². The van der Waals surface area contributed by atoms with Crippen LogP contribution in [-0.4, -0.2) is 122 Å². The van der Waals surface area contributed by atoms with Crippen LogP contribution >= 0.6 is 0 Å². The standard InChI is InChI=1S/C38H68N2O9/c1-11-31(42)28(7)29(8)32(43)25-37(9,46)20-15-16-26(5)35-27(6)17-18-33(38(10,47)21-19-30(41)24-34(44)49-35)48-36(45)40(14-4)23-22-39(12-2)13-3/h15-18,20,27-33,35,41-43,46-47H,11-14,19,21-25H2,1-10H3. The van der Waals surface area contributed by atoms with Gasteiger partial charge in [0.2, 0.25) is 0 Å². The fourth-order valence-corrected chi connectivity index (χ4v) is 6.07. The first kappa shape index (κ1) is 44.7. The summed E-state index contributed by atoms with van der Waals surface area (Å²) in [5.41, 5.74) is -2.20. The average molecular weight is 697 g/mol. The first-order valence-electron chi connectivity index (χ1n) is 18.2. The van der Waals surface area contributed by atoms with E-state index >= 15 is 0 Å². The van der Waals surface area contributed by atoms with E-state index in [0.29, 0.717) is 31.6 Å². The van der Waals surface area contributed by atoms with Gasteiger partial charge >= 0.3 is 12.1 Å². The number of amides is 1. The van der Waals surface area contributed by atoms with E-state index in [0.717, 1.165) is 13.1 Å². The Morgan fingerprint density at radius 1 is 1.10 bits per heavy atom. The molecular formula is C38H68N2O9. The maximum atomic E-state index is 13.3. The van der Waals surface area contributed by atoms with Crippen LogP contribution in [-0.2, 0) is 14.3 Å². The van der Waals surface area contributed by atoms with E-state index in [1.165, 1.54) is 0 Å². The molecular weight excluding hydrogens is 628 g/mol. The van der Waals surface area contributed by atoms with Crippen LogP contribution in [0.25, 0.3) is 0 Å². The first-order valence-corrected chi connectivity index (χ1v) is 18.2. The molecule has 1 aliphatic rings. The number of cyclic esters (lactones) is 1. The van der Waals surface area contributed by atoms with E-state index < -0.39 is 59.7 Å². The number of hydrogen-bond acceptors (Lipinski definition) is 10. The maximum Gasteiger partial charge on any atom is 0.410 e. The highest BCUT2D eigenvalue weighted by Gasteiger charge is 2.36. The van der Waals surface area contributed by atoms with Gasteiger partial charge in [0.15, 0.2) is 6.10 Å². The molecule has 0 aromatic heterocycles. The SMILES string of the molecule is CCC(O)C(C)C(C)C(O)CC(C)(O)C=CC=C(C)C1OC(=O)CC(O)CCC(C)(O)C(OC(=O)N(CC)CCN(CC)CC)C=CC1C. The molecule has 0 radical (unpaired) electrons. The van der Waals surface area contributed by atoms with Crippen LogP contribution in [0.2, 0.25) is 0 Å². The highest BCUT2D eigenvalue weighted by molar-refractivity contribution is 5.70. The zero-order chi connectivity index (χ0) is 37.5. The van der Waals surface area contributed by atoms with Crippen molar-refractivity contribution in [1.29, 1.82) is 0 Å². The minimum Gasteiger partial charge on any atom is -0.457 e. The van der Waals surface area contributed by atoms with Crippen LogP contribution in [0.1, 0.15) is 101 Å². The van der Waals surface area contributed by atoms with Crippen molar-refractivity contribution in [3.8, 4) is 0 Å². The van der Waals surface area contributed by atoms with Gasteiger partial charge in [0, 0.05) is 32.0 Å². The number of esters is 1. The van der Waals surface area contributed by atoms with Gasteiger partial charge in [-0.05, 0) is 83.5 Å². The molecule has 1 aliphatic heterocycles. The van der Waals surface area contributed by atoms with Crippen molar-refractivity contribution >= 4 is 12.1 Å². The smallest absolute Gasteiger partial charge is 0.410 e. The molecule has 11 nitrogen and oxygen atoms in total. The third-order valence-electron chi connectivity index (χ3n) is 10.1. The lowest BCUT2D eigenvalue weighted by Crippen LogP contribution is -2.46. The minimum atomic E-state index is -1.52. The number of aliphatic hydroxyl groups is 5. The molecule has 0 saturated heterocycles. The zero-order valence-electron chi connectivity index (χ0n) is 31.8. The van der Waals surface area contributed by atoms with Crippen molar-refractivity contribution in [2.45, 2.75) is 143 Å². The average Bonchev–Trinajstić information content (AvgIpc) is 3.04. The minimum absolute atomic E-state index is 0.0682. The first-order chi connectivity index (χ1) is 22.8. The number of hydrogen-bond donors (Lipinski definition) is 5. The van der Waals surface area contributed by atoms with Crippen molar-refractivity contribution < 1.29 is 44.6 Å². The normalized spacial score (nSPS) is 28.2. The molecule has 0 aliphatic carbocycles. The van der Waals surface area contributed by atoms with Gasteiger partial charge in [-0.15, -0.1) is 0 Å². The van der Waals surface area contributed by atoms with Crippen molar-refractivity contribution in [1.82, 2.24) is 9.80 Å². The summed E-state index contributed by atoms with van der Waals surface area (Å²) in [7, 11) is 0. The molecule has 284 valence electrons. The highest BCUT2D eigenvalue weighted by Crippen LogP contribution is 2.29. The van der Waals surface area contributed by atoms with Gasteiger partial charge in [-0.1, -0.05) is 65.8 Å². The fraction of sp³-hybridized carbons (Fsp3) is 0.789. The van der Waals surface area contributed by atoms with Crippen LogP contribution in [0.3, 0.4) is 0 Å². The van der Waals surface area contributed by atoms with Crippen LogP contribution in [0.5, 0.6) is 0 Å². The molecule has 10 unspecified atom stereocenters. The van der Waals surface area contributed by atoms with Crippen molar-refractivity contribution in [2.24, 2.45) is 17.8 Å². The summed E-state index contributed by atoms with van der Waals surface area (Å²) >= 11 is 0. The molecule has 10 atom stereocenters. The van der Waals surface area contributed by atoms with Gasteiger partial charge in [-0.3, -0.25) is 4.79 Å². The lowest BCUT2D eigenvalue weighted by molar-refractivity contribution is -0.151. The number of ether oxygens (including phenoxy) is 2. The molecule has 11 heteroatoms. The Morgan fingerprint density at radius 3 is 2.29 bits per heavy atom. The van der Waals surface area contributed by atoms with Crippen molar-refractivity contribution in [3.05, 3.63) is 36.0 Å². The Labute approximate surface area is 295 Å². The van der Waals surface area contributed by atoms with Crippen LogP contribution in [0, 0.1) is 17.8 Å². The molecule has 0 spiro atoms. The molecule has 5 N–H and O–H groups in total. The summed E-state index contributed by atoms with van der Waals surface area (Å²) in [4.78, 5) is 30.0. The van der Waals surface area contributed by atoms with Gasteiger partial charge < -0.3 is 44.8 Å². The second kappa shape index (κ2) is 21.2. The van der Waals surface area contributed by atoms with E-state index in [-0.39, 0.29) is 37.5 Å². The van der Waals surface area contributed by atoms with Crippen LogP contribution in [0.15, 0.2) is 36.0 Å². The summed E-state index contributed by atoms with van der Waals surface area (Å²) in [6, 6.07) is 0.